The largest absolute Gasteiger partial charge is 0.508 e. The van der Waals surface area contributed by atoms with Gasteiger partial charge in [0.1, 0.15) is 16.5 Å². The zero-order chi connectivity index (χ0) is 20.4. The van der Waals surface area contributed by atoms with Crippen LogP contribution in [0.3, 0.4) is 0 Å². The van der Waals surface area contributed by atoms with Gasteiger partial charge in [-0.2, -0.15) is 0 Å². The van der Waals surface area contributed by atoms with Crippen LogP contribution in [0.4, 0.5) is 0 Å². The zero-order valence-corrected chi connectivity index (χ0v) is 19.7. The van der Waals surface area contributed by atoms with E-state index in [4.69, 9.17) is 5.73 Å². The van der Waals surface area contributed by atoms with Crippen LogP contribution in [0, 0.1) is 5.92 Å². The molecule has 9 heteroatoms. The third kappa shape index (κ3) is 5.58. The second-order valence-electron chi connectivity index (χ2n) is 8.06. The first-order chi connectivity index (χ1) is 14.0. The molecule has 1 aliphatic carbocycles. The Hall–Kier alpha value is -1.67. The van der Waals surface area contributed by atoms with Crippen LogP contribution in [0.25, 0.3) is 0 Å². The molecule has 31 heavy (non-hydrogen) atoms. The lowest BCUT2D eigenvalue weighted by molar-refractivity contribution is -0.135. The predicted molar refractivity (Wildman–Crippen MR) is 126 cm³/mol. The maximum absolute atomic E-state index is 13.1. The van der Waals surface area contributed by atoms with Crippen LogP contribution in [0.15, 0.2) is 29.6 Å². The van der Waals surface area contributed by atoms with Crippen molar-refractivity contribution in [3.8, 4) is 5.75 Å². The van der Waals surface area contributed by atoms with Crippen LogP contribution >= 0.6 is 36.2 Å². The normalized spacial score (nSPS) is 19.9. The van der Waals surface area contributed by atoms with Gasteiger partial charge in [0.2, 0.25) is 11.7 Å². The van der Waals surface area contributed by atoms with E-state index >= 15 is 0 Å². The summed E-state index contributed by atoms with van der Waals surface area (Å²) in [6.45, 7) is 0.694. The smallest absolute Gasteiger partial charge is 0.240 e. The summed E-state index contributed by atoms with van der Waals surface area (Å²) in [6, 6.07) is 5.73. The highest BCUT2D eigenvalue weighted by atomic mass is 35.5. The van der Waals surface area contributed by atoms with Crippen LogP contribution in [0.1, 0.15) is 72.0 Å². The molecule has 1 aromatic heterocycles. The molecular weight excluding hydrogens is 457 g/mol. The monoisotopic (exact) mass is 485 g/mol. The Morgan fingerprint density at radius 2 is 1.87 bits per heavy atom. The number of phenolic OH excluding ortho intramolecular Hbond substituents is 1. The SMILES string of the molecule is Cl.Cl.N[C@H](C(=O)N1CCC[C@H]1c1nc(C(=O)c2cccc(O)c2)cs1)C1CCCCC1. The highest BCUT2D eigenvalue weighted by Crippen LogP contribution is 2.36. The molecule has 2 aliphatic rings. The molecule has 6 nitrogen and oxygen atoms in total. The molecule has 170 valence electrons. The number of nitrogens with two attached hydrogens (primary N) is 1. The lowest BCUT2D eigenvalue weighted by atomic mass is 9.83. The van der Waals surface area contributed by atoms with Gasteiger partial charge in [-0.1, -0.05) is 31.4 Å². The minimum Gasteiger partial charge on any atom is -0.508 e. The van der Waals surface area contributed by atoms with Gasteiger partial charge >= 0.3 is 0 Å². The van der Waals surface area contributed by atoms with Crippen molar-refractivity contribution in [2.45, 2.75) is 57.0 Å². The number of rotatable bonds is 5. The Kier molecular flexibility index (Phi) is 9.30. The van der Waals surface area contributed by atoms with Crippen molar-refractivity contribution >= 4 is 47.8 Å². The van der Waals surface area contributed by atoms with E-state index in [1.807, 2.05) is 4.90 Å². The summed E-state index contributed by atoms with van der Waals surface area (Å²) in [5.41, 5.74) is 7.13. The number of aromatic nitrogens is 1. The van der Waals surface area contributed by atoms with Gasteiger partial charge in [0.25, 0.3) is 0 Å². The number of carbonyl (C=O) groups is 2. The van der Waals surface area contributed by atoms with Crippen molar-refractivity contribution in [2.24, 2.45) is 11.7 Å². The molecular formula is C22H29Cl2N3O3S. The number of nitrogens with zero attached hydrogens (tertiary/aromatic N) is 2. The maximum atomic E-state index is 13.1. The van der Waals surface area contributed by atoms with Gasteiger partial charge in [0.15, 0.2) is 0 Å². The van der Waals surface area contributed by atoms with Crippen molar-refractivity contribution in [1.82, 2.24) is 9.88 Å². The molecule has 2 atom stereocenters. The highest BCUT2D eigenvalue weighted by Gasteiger charge is 2.37. The summed E-state index contributed by atoms with van der Waals surface area (Å²) in [4.78, 5) is 32.2. The molecule has 2 aromatic rings. The number of carbonyl (C=O) groups excluding carboxylic acids is 2. The van der Waals surface area contributed by atoms with Gasteiger partial charge in [0.05, 0.1) is 12.1 Å². The van der Waals surface area contributed by atoms with Crippen molar-refractivity contribution < 1.29 is 14.7 Å². The zero-order valence-electron chi connectivity index (χ0n) is 17.2. The first-order valence-electron chi connectivity index (χ1n) is 10.4. The number of thiazole rings is 1. The highest BCUT2D eigenvalue weighted by molar-refractivity contribution is 7.10. The Bertz CT molecular complexity index is 902. The predicted octanol–water partition coefficient (Wildman–Crippen LogP) is 4.49. The molecule has 1 aromatic carbocycles. The van der Waals surface area contributed by atoms with Gasteiger partial charge in [-0.25, -0.2) is 4.98 Å². The van der Waals surface area contributed by atoms with Gasteiger partial charge in [0, 0.05) is 17.5 Å². The van der Waals surface area contributed by atoms with Crippen molar-refractivity contribution in [2.75, 3.05) is 6.54 Å². The molecule has 3 N–H and O–H groups in total. The maximum Gasteiger partial charge on any atom is 0.240 e. The molecule has 0 bridgehead atoms. The molecule has 1 saturated carbocycles. The van der Waals surface area contributed by atoms with Gasteiger partial charge in [-0.15, -0.1) is 36.2 Å². The average molecular weight is 486 g/mol. The van der Waals surface area contributed by atoms with Crippen LogP contribution in [-0.4, -0.2) is 39.3 Å². The average Bonchev–Trinajstić information content (AvgIpc) is 3.42. The number of aromatic hydroxyl groups is 1. The fraction of sp³-hybridized carbons (Fsp3) is 0.500. The lowest BCUT2D eigenvalue weighted by Gasteiger charge is -2.32. The quantitative estimate of drug-likeness (QED) is 0.607. The summed E-state index contributed by atoms with van der Waals surface area (Å²) in [5.74, 6) is 0.126. The van der Waals surface area contributed by atoms with E-state index in [1.165, 1.54) is 29.9 Å². The molecule has 2 fully saturated rings. The molecule has 1 aliphatic heterocycles. The van der Waals surface area contributed by atoms with E-state index in [1.54, 1.807) is 17.5 Å². The minimum atomic E-state index is -0.441. The van der Waals surface area contributed by atoms with Crippen LogP contribution in [0.5, 0.6) is 5.75 Å². The Labute approximate surface area is 199 Å². The van der Waals surface area contributed by atoms with Gasteiger partial charge in [-0.3, -0.25) is 9.59 Å². The Morgan fingerprint density at radius 3 is 2.58 bits per heavy atom. The topological polar surface area (TPSA) is 96.5 Å². The van der Waals surface area contributed by atoms with Gasteiger partial charge in [-0.05, 0) is 43.7 Å². The van der Waals surface area contributed by atoms with Crippen molar-refractivity contribution in [1.29, 1.82) is 0 Å². The third-order valence-electron chi connectivity index (χ3n) is 6.13. The van der Waals surface area contributed by atoms with E-state index < -0.39 is 6.04 Å². The Morgan fingerprint density at radius 1 is 1.13 bits per heavy atom. The number of likely N-dealkylation sites (tertiary alicyclic amines) is 1. The van der Waals surface area contributed by atoms with Crippen molar-refractivity contribution in [3.63, 3.8) is 0 Å². The number of phenols is 1. The van der Waals surface area contributed by atoms with Crippen LogP contribution in [0.2, 0.25) is 0 Å². The lowest BCUT2D eigenvalue weighted by Crippen LogP contribution is -2.48. The molecule has 0 radical (unpaired) electrons. The number of hydrogen-bond donors (Lipinski definition) is 2. The third-order valence-corrected chi connectivity index (χ3v) is 7.07. The van der Waals surface area contributed by atoms with E-state index in [0.717, 1.165) is 43.5 Å². The summed E-state index contributed by atoms with van der Waals surface area (Å²) in [7, 11) is 0. The summed E-state index contributed by atoms with van der Waals surface area (Å²) in [5, 5.41) is 12.1. The first-order valence-corrected chi connectivity index (χ1v) is 11.3. The molecule has 2 heterocycles. The van der Waals surface area contributed by atoms with Crippen LogP contribution in [-0.2, 0) is 4.79 Å². The fourth-order valence-electron chi connectivity index (χ4n) is 4.51. The van der Waals surface area contributed by atoms with E-state index in [2.05, 4.69) is 4.98 Å². The number of ketones is 1. The molecule has 1 saturated heterocycles. The number of amides is 1. The summed E-state index contributed by atoms with van der Waals surface area (Å²) in [6.07, 6.45) is 7.37. The molecule has 0 spiro atoms. The fourth-order valence-corrected chi connectivity index (χ4v) is 5.46. The second kappa shape index (κ2) is 11.3. The van der Waals surface area contributed by atoms with E-state index in [0.29, 0.717) is 17.8 Å². The number of hydrogen-bond acceptors (Lipinski definition) is 6. The minimum absolute atomic E-state index is 0. The number of benzene rings is 1. The van der Waals surface area contributed by atoms with Crippen LogP contribution < -0.4 is 5.73 Å². The number of halogens is 2. The van der Waals surface area contributed by atoms with Crippen molar-refractivity contribution in [3.05, 3.63) is 45.9 Å². The van der Waals surface area contributed by atoms with E-state index in [-0.39, 0.29) is 54.2 Å². The second-order valence-corrected chi connectivity index (χ2v) is 8.95. The molecule has 0 unspecified atom stereocenters. The Balaban J connectivity index is 0.00000171. The first kappa shape index (κ1) is 25.6. The molecule has 4 rings (SSSR count). The van der Waals surface area contributed by atoms with E-state index in [9.17, 15) is 14.7 Å². The molecule has 1 amide bonds. The standard InChI is InChI=1S/C22H27N3O3S.2ClH/c23-19(14-6-2-1-3-7-14)22(28)25-11-5-10-18(25)21-24-17(13-29-21)20(27)15-8-4-9-16(26)12-15;;/h4,8-9,12-14,18-19,26H,1-3,5-7,10-11,23H2;2*1H/t18-,19-;;/m0../s1. The van der Waals surface area contributed by atoms with Gasteiger partial charge < -0.3 is 15.7 Å². The summed E-state index contributed by atoms with van der Waals surface area (Å²) < 4.78 is 0. The summed E-state index contributed by atoms with van der Waals surface area (Å²) >= 11 is 1.41.